The fourth-order valence-electron chi connectivity index (χ4n) is 3.76. The Balaban J connectivity index is 1.61. The summed E-state index contributed by atoms with van der Waals surface area (Å²) in [6.45, 7) is 2.13. The van der Waals surface area contributed by atoms with E-state index in [1.165, 1.54) is 32.1 Å². The Bertz CT molecular complexity index is 298. The quantitative estimate of drug-likeness (QED) is 0.755. The molecule has 16 heavy (non-hydrogen) atoms. The Morgan fingerprint density at radius 3 is 2.50 bits per heavy atom. The van der Waals surface area contributed by atoms with Gasteiger partial charge in [-0.2, -0.15) is 0 Å². The second kappa shape index (κ2) is 3.73. The second-order valence-electron chi connectivity index (χ2n) is 6.07. The third-order valence-electron chi connectivity index (χ3n) is 4.98. The monoisotopic (exact) mass is 222 g/mol. The maximum absolute atomic E-state index is 12.2. The molecule has 0 spiro atoms. The van der Waals surface area contributed by atoms with Crippen LogP contribution in [-0.2, 0) is 4.79 Å². The maximum atomic E-state index is 12.2. The molecule has 2 bridgehead atoms. The summed E-state index contributed by atoms with van der Waals surface area (Å²) in [5, 5.41) is 3.18. The Kier molecular flexibility index (Phi) is 2.46. The van der Waals surface area contributed by atoms with Crippen LogP contribution in [-0.4, -0.2) is 18.0 Å². The van der Waals surface area contributed by atoms with Gasteiger partial charge in [0.15, 0.2) is 0 Å². The van der Waals surface area contributed by atoms with Crippen LogP contribution in [0.3, 0.4) is 0 Å². The van der Waals surface area contributed by atoms with Gasteiger partial charge in [0.2, 0.25) is 5.91 Å². The molecule has 0 aliphatic heterocycles. The number of nitrogens with one attached hydrogen (secondary N) is 1. The molecule has 3 aliphatic rings. The van der Waals surface area contributed by atoms with Crippen LogP contribution in [0.5, 0.6) is 0 Å². The molecule has 0 radical (unpaired) electrons. The van der Waals surface area contributed by atoms with Crippen molar-refractivity contribution in [3.8, 4) is 0 Å². The molecule has 1 amide bonds. The molecule has 3 rings (SSSR count). The van der Waals surface area contributed by atoms with Gasteiger partial charge in [0.05, 0.1) is 5.92 Å². The minimum absolute atomic E-state index is 0.111. The van der Waals surface area contributed by atoms with Gasteiger partial charge in [-0.1, -0.05) is 0 Å². The SMILES string of the molecule is CC(NC(=O)C1C2CCC(C2)C1N)C1CC1. The molecule has 3 heteroatoms. The lowest BCUT2D eigenvalue weighted by molar-refractivity contribution is -0.127. The minimum Gasteiger partial charge on any atom is -0.353 e. The summed E-state index contributed by atoms with van der Waals surface area (Å²) < 4.78 is 0. The van der Waals surface area contributed by atoms with Crippen LogP contribution in [0.15, 0.2) is 0 Å². The third-order valence-corrected chi connectivity index (χ3v) is 4.98. The lowest BCUT2D eigenvalue weighted by Crippen LogP contribution is -2.47. The van der Waals surface area contributed by atoms with Crippen molar-refractivity contribution in [3.63, 3.8) is 0 Å². The van der Waals surface area contributed by atoms with Gasteiger partial charge in [-0.05, 0) is 56.8 Å². The van der Waals surface area contributed by atoms with Crippen LogP contribution in [0.2, 0.25) is 0 Å². The molecule has 0 saturated heterocycles. The summed E-state index contributed by atoms with van der Waals surface area (Å²) in [7, 11) is 0. The number of rotatable bonds is 3. The van der Waals surface area contributed by atoms with Crippen molar-refractivity contribution in [2.45, 2.75) is 51.1 Å². The zero-order valence-corrected chi connectivity index (χ0v) is 9.99. The van der Waals surface area contributed by atoms with E-state index in [4.69, 9.17) is 5.73 Å². The molecule has 3 fully saturated rings. The van der Waals surface area contributed by atoms with Crippen molar-refractivity contribution in [2.24, 2.45) is 29.4 Å². The first kappa shape index (κ1) is 10.6. The molecule has 5 atom stereocenters. The van der Waals surface area contributed by atoms with Crippen LogP contribution in [0, 0.1) is 23.7 Å². The van der Waals surface area contributed by atoms with Crippen molar-refractivity contribution in [2.75, 3.05) is 0 Å². The topological polar surface area (TPSA) is 55.1 Å². The summed E-state index contributed by atoms with van der Waals surface area (Å²) >= 11 is 0. The molecule has 3 saturated carbocycles. The standard InChI is InChI=1S/C13H22N2O/c1-7(8-2-3-8)15-13(16)11-9-4-5-10(6-9)12(11)14/h7-12H,2-6,14H2,1H3,(H,15,16). The second-order valence-corrected chi connectivity index (χ2v) is 6.07. The third kappa shape index (κ3) is 1.65. The summed E-state index contributed by atoms with van der Waals surface area (Å²) in [5.41, 5.74) is 6.17. The van der Waals surface area contributed by atoms with Crippen LogP contribution in [0.25, 0.3) is 0 Å². The number of nitrogens with two attached hydrogens (primary N) is 1. The summed E-state index contributed by atoms with van der Waals surface area (Å²) in [6, 6.07) is 0.490. The molecule has 90 valence electrons. The number of amides is 1. The van der Waals surface area contributed by atoms with Crippen LogP contribution in [0.1, 0.15) is 39.0 Å². The summed E-state index contributed by atoms with van der Waals surface area (Å²) in [6.07, 6.45) is 6.22. The average Bonchev–Trinajstić information content (AvgIpc) is 2.92. The normalized spacial score (nSPS) is 43.4. The largest absolute Gasteiger partial charge is 0.353 e. The van der Waals surface area contributed by atoms with Gasteiger partial charge in [0.25, 0.3) is 0 Å². The van der Waals surface area contributed by atoms with Gasteiger partial charge in [-0.15, -0.1) is 0 Å². The number of carbonyl (C=O) groups is 1. The van der Waals surface area contributed by atoms with Gasteiger partial charge < -0.3 is 11.1 Å². The van der Waals surface area contributed by atoms with Crippen molar-refractivity contribution >= 4 is 5.91 Å². The molecule has 5 unspecified atom stereocenters. The van der Waals surface area contributed by atoms with Crippen LogP contribution in [0.4, 0.5) is 0 Å². The average molecular weight is 222 g/mol. The first-order valence-electron chi connectivity index (χ1n) is 6.72. The first-order valence-corrected chi connectivity index (χ1v) is 6.72. The van der Waals surface area contributed by atoms with Crippen molar-refractivity contribution in [1.82, 2.24) is 5.32 Å². The highest BCUT2D eigenvalue weighted by Gasteiger charge is 2.49. The van der Waals surface area contributed by atoms with Gasteiger partial charge >= 0.3 is 0 Å². The van der Waals surface area contributed by atoms with E-state index in [9.17, 15) is 4.79 Å². The van der Waals surface area contributed by atoms with Gasteiger partial charge in [-0.3, -0.25) is 4.79 Å². The number of carbonyl (C=O) groups excluding carboxylic acids is 1. The van der Waals surface area contributed by atoms with Crippen molar-refractivity contribution in [3.05, 3.63) is 0 Å². The maximum Gasteiger partial charge on any atom is 0.225 e. The fraction of sp³-hybridized carbons (Fsp3) is 0.923. The lowest BCUT2D eigenvalue weighted by atomic mass is 9.84. The molecule has 0 aromatic heterocycles. The Hall–Kier alpha value is -0.570. The van der Waals surface area contributed by atoms with Gasteiger partial charge in [-0.25, -0.2) is 0 Å². The lowest BCUT2D eigenvalue weighted by Gasteiger charge is -2.28. The van der Waals surface area contributed by atoms with Gasteiger partial charge in [0, 0.05) is 12.1 Å². The zero-order valence-electron chi connectivity index (χ0n) is 9.99. The van der Waals surface area contributed by atoms with E-state index in [-0.39, 0.29) is 17.9 Å². The summed E-state index contributed by atoms with van der Waals surface area (Å²) in [4.78, 5) is 12.2. The Morgan fingerprint density at radius 2 is 1.94 bits per heavy atom. The minimum atomic E-state index is 0.111. The highest BCUT2D eigenvalue weighted by Crippen LogP contribution is 2.47. The van der Waals surface area contributed by atoms with E-state index in [0.29, 0.717) is 17.9 Å². The predicted octanol–water partition coefficient (Wildman–Crippen LogP) is 1.27. The Morgan fingerprint density at radius 1 is 1.25 bits per heavy atom. The Labute approximate surface area is 97.2 Å². The predicted molar refractivity (Wildman–Crippen MR) is 62.6 cm³/mol. The summed E-state index contributed by atoms with van der Waals surface area (Å²) in [5.74, 6) is 2.28. The molecule has 3 N–H and O–H groups in total. The van der Waals surface area contributed by atoms with Crippen LogP contribution < -0.4 is 11.1 Å². The highest BCUT2D eigenvalue weighted by atomic mass is 16.2. The molecule has 0 aromatic rings. The van der Waals surface area contributed by atoms with E-state index in [1.54, 1.807) is 0 Å². The van der Waals surface area contributed by atoms with E-state index in [1.807, 2.05) is 0 Å². The fourth-order valence-corrected chi connectivity index (χ4v) is 3.76. The van der Waals surface area contributed by atoms with E-state index in [0.717, 1.165) is 5.92 Å². The van der Waals surface area contributed by atoms with Crippen molar-refractivity contribution in [1.29, 1.82) is 0 Å². The molecule has 3 aliphatic carbocycles. The number of hydrogen-bond donors (Lipinski definition) is 2. The molecule has 0 aromatic carbocycles. The highest BCUT2D eigenvalue weighted by molar-refractivity contribution is 5.80. The smallest absolute Gasteiger partial charge is 0.225 e. The zero-order chi connectivity index (χ0) is 11.3. The number of fused-ring (bicyclic) bond motifs is 2. The van der Waals surface area contributed by atoms with E-state index in [2.05, 4.69) is 12.2 Å². The van der Waals surface area contributed by atoms with Gasteiger partial charge in [0.1, 0.15) is 0 Å². The first-order chi connectivity index (χ1) is 7.66. The molecule has 3 nitrogen and oxygen atoms in total. The molecular weight excluding hydrogens is 200 g/mol. The van der Waals surface area contributed by atoms with E-state index < -0.39 is 0 Å². The number of hydrogen-bond acceptors (Lipinski definition) is 2. The van der Waals surface area contributed by atoms with Crippen molar-refractivity contribution < 1.29 is 4.79 Å². The van der Waals surface area contributed by atoms with E-state index >= 15 is 0 Å². The molecular formula is C13H22N2O. The molecule has 0 heterocycles. The van der Waals surface area contributed by atoms with Crippen LogP contribution >= 0.6 is 0 Å².